The summed E-state index contributed by atoms with van der Waals surface area (Å²) in [4.78, 5) is 4.28. The van der Waals surface area contributed by atoms with Crippen LogP contribution in [0.5, 0.6) is 0 Å². The Morgan fingerprint density at radius 2 is 2.00 bits per heavy atom. The summed E-state index contributed by atoms with van der Waals surface area (Å²) in [7, 11) is -1.74. The molecular formula is C14H23N3O2S2. The molecule has 7 heteroatoms. The number of hydrogen-bond donors (Lipinski definition) is 2. The first-order chi connectivity index (χ1) is 10.0. The molecule has 0 aliphatic heterocycles. The van der Waals surface area contributed by atoms with Crippen LogP contribution >= 0.6 is 11.8 Å². The van der Waals surface area contributed by atoms with Gasteiger partial charge in [-0.25, -0.2) is 18.1 Å². The zero-order chi connectivity index (χ0) is 15.3. The maximum atomic E-state index is 12.4. The van der Waals surface area contributed by atoms with Gasteiger partial charge in [-0.2, -0.15) is 11.8 Å². The van der Waals surface area contributed by atoms with E-state index < -0.39 is 10.0 Å². The molecular weight excluding hydrogens is 306 g/mol. The lowest BCUT2D eigenvalue weighted by molar-refractivity contribution is 0.395. The van der Waals surface area contributed by atoms with Crippen LogP contribution in [-0.4, -0.2) is 38.0 Å². The minimum absolute atomic E-state index is 0.0453. The Hall–Kier alpha value is -0.790. The number of rotatable bonds is 6. The van der Waals surface area contributed by atoms with Crippen LogP contribution in [0.1, 0.15) is 32.1 Å². The topological polar surface area (TPSA) is 71.1 Å². The second-order valence-corrected chi connectivity index (χ2v) is 8.44. The number of aromatic nitrogens is 1. The van der Waals surface area contributed by atoms with Gasteiger partial charge in [0.2, 0.25) is 10.0 Å². The van der Waals surface area contributed by atoms with Crippen LogP contribution in [0, 0.1) is 0 Å². The summed E-state index contributed by atoms with van der Waals surface area (Å²) in [6.07, 6.45) is 9.23. The third kappa shape index (κ3) is 4.11. The number of nitrogens with one attached hydrogen (secondary N) is 2. The average Bonchev–Trinajstić information content (AvgIpc) is 2.54. The summed E-state index contributed by atoms with van der Waals surface area (Å²) >= 11 is 1.78. The molecule has 2 rings (SSSR count). The normalized spacial score (nSPS) is 18.4. The molecule has 1 aromatic rings. The van der Waals surface area contributed by atoms with Gasteiger partial charge in [0.25, 0.3) is 0 Å². The smallest absolute Gasteiger partial charge is 0.242 e. The number of thioether (sulfide) groups is 1. The van der Waals surface area contributed by atoms with Gasteiger partial charge in [-0.1, -0.05) is 19.3 Å². The summed E-state index contributed by atoms with van der Waals surface area (Å²) in [5, 5.41) is 2.87. The lowest BCUT2D eigenvalue weighted by atomic mass is 9.88. The largest absolute Gasteiger partial charge is 0.373 e. The number of sulfonamides is 1. The van der Waals surface area contributed by atoms with Crippen LogP contribution in [0.2, 0.25) is 0 Å². The van der Waals surface area contributed by atoms with Gasteiger partial charge in [-0.15, -0.1) is 0 Å². The van der Waals surface area contributed by atoms with Gasteiger partial charge < -0.3 is 5.32 Å². The van der Waals surface area contributed by atoms with E-state index in [9.17, 15) is 8.42 Å². The van der Waals surface area contributed by atoms with Crippen molar-refractivity contribution in [3.8, 4) is 0 Å². The van der Waals surface area contributed by atoms with E-state index in [1.165, 1.54) is 25.5 Å². The Labute approximate surface area is 131 Å². The zero-order valence-corrected chi connectivity index (χ0v) is 14.2. The van der Waals surface area contributed by atoms with Crippen molar-refractivity contribution < 1.29 is 8.42 Å². The number of anilines is 1. The molecule has 0 saturated heterocycles. The summed E-state index contributed by atoms with van der Waals surface area (Å²) in [5.74, 6) is 0.654. The van der Waals surface area contributed by atoms with Gasteiger partial charge in [0.15, 0.2) is 0 Å². The summed E-state index contributed by atoms with van der Waals surface area (Å²) in [6.45, 7) is 0.490. The van der Waals surface area contributed by atoms with E-state index in [1.807, 2.05) is 0 Å². The Kier molecular flexibility index (Phi) is 5.51. The Balaban J connectivity index is 2.06. The Morgan fingerprint density at radius 1 is 1.29 bits per heavy atom. The van der Waals surface area contributed by atoms with Crippen LogP contribution in [0.25, 0.3) is 0 Å². The van der Waals surface area contributed by atoms with Gasteiger partial charge in [0, 0.05) is 24.5 Å². The van der Waals surface area contributed by atoms with E-state index in [2.05, 4.69) is 21.3 Å². The van der Waals surface area contributed by atoms with E-state index >= 15 is 0 Å². The molecule has 2 N–H and O–H groups in total. The molecule has 0 bridgehead atoms. The molecule has 1 aliphatic carbocycles. The molecule has 1 heterocycles. The van der Waals surface area contributed by atoms with E-state index in [4.69, 9.17) is 0 Å². The second kappa shape index (κ2) is 6.98. The third-order valence-electron chi connectivity index (χ3n) is 4.08. The van der Waals surface area contributed by atoms with E-state index in [1.54, 1.807) is 30.9 Å². The first-order valence-corrected chi connectivity index (χ1v) is 9.91. The summed E-state index contributed by atoms with van der Waals surface area (Å²) < 4.78 is 27.5. The molecule has 0 radical (unpaired) electrons. The van der Waals surface area contributed by atoms with Crippen molar-refractivity contribution >= 4 is 27.6 Å². The summed E-state index contributed by atoms with van der Waals surface area (Å²) in [6, 6.07) is 3.24. The minimum Gasteiger partial charge on any atom is -0.373 e. The van der Waals surface area contributed by atoms with Crippen molar-refractivity contribution in [2.45, 2.75) is 41.7 Å². The van der Waals surface area contributed by atoms with Crippen molar-refractivity contribution in [2.24, 2.45) is 0 Å². The maximum Gasteiger partial charge on any atom is 0.242 e. The Morgan fingerprint density at radius 3 is 2.52 bits per heavy atom. The van der Waals surface area contributed by atoms with Crippen molar-refractivity contribution in [1.29, 1.82) is 0 Å². The fraction of sp³-hybridized carbons (Fsp3) is 0.643. The van der Waals surface area contributed by atoms with E-state index in [0.29, 0.717) is 12.4 Å². The monoisotopic (exact) mass is 329 g/mol. The van der Waals surface area contributed by atoms with Crippen LogP contribution < -0.4 is 10.0 Å². The van der Waals surface area contributed by atoms with E-state index in [0.717, 1.165) is 12.8 Å². The summed E-state index contributed by atoms with van der Waals surface area (Å²) in [5.41, 5.74) is 0. The van der Waals surface area contributed by atoms with Crippen LogP contribution in [0.4, 0.5) is 5.82 Å². The minimum atomic E-state index is -3.49. The predicted octanol–water partition coefficient (Wildman–Crippen LogP) is 2.47. The zero-order valence-electron chi connectivity index (χ0n) is 12.6. The fourth-order valence-electron chi connectivity index (χ4n) is 2.65. The first-order valence-electron chi connectivity index (χ1n) is 7.20. The van der Waals surface area contributed by atoms with Crippen LogP contribution in [0.15, 0.2) is 23.2 Å². The highest BCUT2D eigenvalue weighted by Crippen LogP contribution is 2.38. The molecule has 1 fully saturated rings. The molecule has 1 aromatic heterocycles. The third-order valence-corrected chi connectivity index (χ3v) is 6.89. The maximum absolute atomic E-state index is 12.4. The molecule has 0 unspecified atom stereocenters. The predicted molar refractivity (Wildman–Crippen MR) is 88.3 cm³/mol. The van der Waals surface area contributed by atoms with Gasteiger partial charge in [0.05, 0.1) is 0 Å². The van der Waals surface area contributed by atoms with Crippen LogP contribution in [0.3, 0.4) is 0 Å². The Bertz CT molecular complexity index is 552. The highest BCUT2D eigenvalue weighted by atomic mass is 32.2. The SMILES string of the molecule is CNc1ccc(S(=O)(=O)NCC2(SC)CCCCC2)cn1. The van der Waals surface area contributed by atoms with Gasteiger partial charge in [-0.3, -0.25) is 0 Å². The van der Waals surface area contributed by atoms with E-state index in [-0.39, 0.29) is 9.64 Å². The van der Waals surface area contributed by atoms with Gasteiger partial charge in [-0.05, 0) is 31.2 Å². The molecule has 1 aliphatic rings. The number of hydrogen-bond acceptors (Lipinski definition) is 5. The molecule has 0 spiro atoms. The van der Waals surface area contributed by atoms with Gasteiger partial charge >= 0.3 is 0 Å². The molecule has 0 aromatic carbocycles. The van der Waals surface area contributed by atoms with Gasteiger partial charge in [0.1, 0.15) is 10.7 Å². The quantitative estimate of drug-likeness (QED) is 0.839. The van der Waals surface area contributed by atoms with Crippen molar-refractivity contribution in [3.63, 3.8) is 0 Å². The average molecular weight is 329 g/mol. The second-order valence-electron chi connectivity index (χ2n) is 5.40. The molecule has 118 valence electrons. The van der Waals surface area contributed by atoms with Crippen molar-refractivity contribution in [3.05, 3.63) is 18.3 Å². The van der Waals surface area contributed by atoms with Crippen molar-refractivity contribution in [1.82, 2.24) is 9.71 Å². The number of pyridine rings is 1. The molecule has 0 amide bonds. The highest BCUT2D eigenvalue weighted by molar-refractivity contribution is 8.00. The molecule has 0 atom stereocenters. The first kappa shape index (κ1) is 16.6. The lowest BCUT2D eigenvalue weighted by Gasteiger charge is -2.35. The standard InChI is InChI=1S/C14H23N3O2S2/c1-15-13-7-6-12(10-16-13)21(18,19)17-11-14(20-2)8-4-3-5-9-14/h6-7,10,17H,3-5,8-9,11H2,1-2H3,(H,15,16). The van der Waals surface area contributed by atoms with Crippen LogP contribution in [-0.2, 0) is 10.0 Å². The van der Waals surface area contributed by atoms with Crippen molar-refractivity contribution in [2.75, 3.05) is 25.2 Å². The lowest BCUT2D eigenvalue weighted by Crippen LogP contribution is -2.41. The fourth-order valence-corrected chi connectivity index (χ4v) is 4.72. The molecule has 5 nitrogen and oxygen atoms in total. The highest BCUT2D eigenvalue weighted by Gasteiger charge is 2.32. The molecule has 21 heavy (non-hydrogen) atoms. The number of nitrogens with zero attached hydrogens (tertiary/aromatic N) is 1. The molecule has 1 saturated carbocycles.